The molecule has 0 heterocycles. The van der Waals surface area contributed by atoms with E-state index in [-0.39, 0.29) is 0 Å². The Balaban J connectivity index is 1.81. The number of methoxy groups -OCH3 is 1. The Kier molecular flexibility index (Phi) is 5.80. The Labute approximate surface area is 213 Å². The van der Waals surface area contributed by atoms with E-state index in [9.17, 15) is 0 Å². The van der Waals surface area contributed by atoms with E-state index in [4.69, 9.17) is 4.74 Å². The third-order valence-electron chi connectivity index (χ3n) is 7.29. The molecule has 6 rings (SSSR count). The summed E-state index contributed by atoms with van der Waals surface area (Å²) >= 11 is 0. The molecule has 0 radical (unpaired) electrons. The SMILES string of the molecule is COc1ccc2ccccc2c1-c1c([P+](C)(c2ccccc2)c2ccccc2)ccc2ccccc12. The molecule has 0 fully saturated rings. The van der Waals surface area contributed by atoms with Gasteiger partial charge < -0.3 is 4.74 Å². The number of ether oxygens (including phenoxy) is 1. The van der Waals surface area contributed by atoms with Gasteiger partial charge in [-0.25, -0.2) is 0 Å². The van der Waals surface area contributed by atoms with Crippen molar-refractivity contribution < 1.29 is 4.74 Å². The highest BCUT2D eigenvalue weighted by Gasteiger charge is 2.43. The smallest absolute Gasteiger partial charge is 0.127 e. The normalized spacial score (nSPS) is 11.6. The van der Waals surface area contributed by atoms with E-state index in [0.29, 0.717) is 0 Å². The van der Waals surface area contributed by atoms with Gasteiger partial charge in [-0.1, -0.05) is 97.1 Å². The molecule has 6 aromatic carbocycles. The average Bonchev–Trinajstić information content (AvgIpc) is 2.96. The Morgan fingerprint density at radius 3 is 1.50 bits per heavy atom. The van der Waals surface area contributed by atoms with Gasteiger partial charge in [0.25, 0.3) is 0 Å². The number of hydrogen-bond donors (Lipinski definition) is 0. The monoisotopic (exact) mass is 483 g/mol. The maximum atomic E-state index is 6.05. The molecule has 0 amide bonds. The summed E-state index contributed by atoms with van der Waals surface area (Å²) in [5.41, 5.74) is 2.44. The maximum Gasteiger partial charge on any atom is 0.127 e. The van der Waals surface area contributed by atoms with Crippen molar-refractivity contribution in [1.82, 2.24) is 0 Å². The molecule has 0 atom stereocenters. The second-order valence-electron chi connectivity index (χ2n) is 9.22. The van der Waals surface area contributed by atoms with E-state index in [0.717, 1.165) is 5.75 Å². The third-order valence-corrected chi connectivity index (χ3v) is 11.3. The summed E-state index contributed by atoms with van der Waals surface area (Å²) in [4.78, 5) is 0. The highest BCUT2D eigenvalue weighted by Crippen LogP contribution is 2.55. The lowest BCUT2D eigenvalue weighted by Crippen LogP contribution is -2.31. The zero-order chi connectivity index (χ0) is 24.5. The third kappa shape index (κ3) is 3.60. The second kappa shape index (κ2) is 9.26. The van der Waals surface area contributed by atoms with Gasteiger partial charge >= 0.3 is 0 Å². The Morgan fingerprint density at radius 2 is 0.944 bits per heavy atom. The first-order valence-corrected chi connectivity index (χ1v) is 14.5. The molecule has 6 aromatic rings. The van der Waals surface area contributed by atoms with Crippen LogP contribution in [0.3, 0.4) is 0 Å². The standard InChI is InChI=1S/C34H28OP/c1-35-31-23-21-25-13-9-11-19-29(25)33(31)34-30-20-12-10-14-26(30)22-24-32(34)36(2,27-15-5-3-6-16-27)28-17-7-4-8-18-28/h3-24H,1-2H3/q+1. The molecule has 2 heteroatoms. The van der Waals surface area contributed by atoms with Crippen LogP contribution < -0.4 is 20.7 Å². The van der Waals surface area contributed by atoms with Gasteiger partial charge in [-0.2, -0.15) is 0 Å². The molecule has 0 N–H and O–H groups in total. The number of hydrogen-bond acceptors (Lipinski definition) is 1. The summed E-state index contributed by atoms with van der Waals surface area (Å²) in [6.07, 6.45) is 0. The number of rotatable bonds is 5. The quantitative estimate of drug-likeness (QED) is 0.230. The van der Waals surface area contributed by atoms with Crippen molar-refractivity contribution in [3.63, 3.8) is 0 Å². The average molecular weight is 484 g/mol. The maximum absolute atomic E-state index is 6.05. The van der Waals surface area contributed by atoms with Crippen LogP contribution in [0.2, 0.25) is 0 Å². The first-order chi connectivity index (χ1) is 17.7. The van der Waals surface area contributed by atoms with Crippen LogP contribution in [-0.2, 0) is 0 Å². The van der Waals surface area contributed by atoms with E-state index >= 15 is 0 Å². The van der Waals surface area contributed by atoms with Crippen molar-refractivity contribution in [3.05, 3.63) is 133 Å². The Bertz CT molecular complexity index is 1630. The highest BCUT2D eigenvalue weighted by atomic mass is 31.2. The van der Waals surface area contributed by atoms with Crippen LogP contribution in [0.25, 0.3) is 32.7 Å². The molecular formula is C34H28OP+. The largest absolute Gasteiger partial charge is 0.496 e. The van der Waals surface area contributed by atoms with Gasteiger partial charge in [0.15, 0.2) is 0 Å². The Hall–Kier alpha value is -3.93. The lowest BCUT2D eigenvalue weighted by atomic mass is 9.93. The molecule has 36 heavy (non-hydrogen) atoms. The van der Waals surface area contributed by atoms with E-state index in [1.54, 1.807) is 7.11 Å². The van der Waals surface area contributed by atoms with Crippen molar-refractivity contribution in [3.8, 4) is 16.9 Å². The first kappa shape index (κ1) is 22.5. The molecule has 0 aliphatic rings. The van der Waals surface area contributed by atoms with Crippen molar-refractivity contribution in [2.75, 3.05) is 13.8 Å². The minimum absolute atomic E-state index is 0.902. The van der Waals surface area contributed by atoms with Crippen molar-refractivity contribution in [2.24, 2.45) is 0 Å². The number of fused-ring (bicyclic) bond motifs is 2. The van der Waals surface area contributed by atoms with Gasteiger partial charge in [-0.3, -0.25) is 0 Å². The highest BCUT2D eigenvalue weighted by molar-refractivity contribution is 7.95. The molecule has 174 valence electrons. The van der Waals surface area contributed by atoms with Crippen LogP contribution >= 0.6 is 7.26 Å². The molecule has 0 saturated carbocycles. The van der Waals surface area contributed by atoms with E-state index in [1.807, 2.05) is 0 Å². The van der Waals surface area contributed by atoms with Gasteiger partial charge in [-0.05, 0) is 57.9 Å². The van der Waals surface area contributed by atoms with Gasteiger partial charge in [0.1, 0.15) is 28.9 Å². The fourth-order valence-corrected chi connectivity index (χ4v) is 8.90. The van der Waals surface area contributed by atoms with Crippen LogP contribution in [0, 0.1) is 0 Å². The van der Waals surface area contributed by atoms with Crippen molar-refractivity contribution in [1.29, 1.82) is 0 Å². The predicted molar refractivity (Wildman–Crippen MR) is 158 cm³/mol. The molecule has 0 saturated heterocycles. The summed E-state index contributed by atoms with van der Waals surface area (Å²) in [5.74, 6) is 0.902. The lowest BCUT2D eigenvalue weighted by molar-refractivity contribution is 0.417. The minimum Gasteiger partial charge on any atom is -0.496 e. The summed E-state index contributed by atoms with van der Waals surface area (Å²) in [5, 5.41) is 9.02. The minimum atomic E-state index is -2.00. The van der Waals surface area contributed by atoms with Crippen LogP contribution in [-0.4, -0.2) is 13.8 Å². The van der Waals surface area contributed by atoms with Gasteiger partial charge in [0.05, 0.1) is 13.8 Å². The van der Waals surface area contributed by atoms with Crippen LogP contribution in [0.5, 0.6) is 5.75 Å². The van der Waals surface area contributed by atoms with E-state index < -0.39 is 7.26 Å². The topological polar surface area (TPSA) is 9.23 Å². The van der Waals surface area contributed by atoms with E-state index in [1.165, 1.54) is 48.6 Å². The second-order valence-corrected chi connectivity index (χ2v) is 12.7. The van der Waals surface area contributed by atoms with Gasteiger partial charge in [-0.15, -0.1) is 0 Å². The molecule has 0 aromatic heterocycles. The molecule has 0 bridgehead atoms. The summed E-state index contributed by atoms with van der Waals surface area (Å²) < 4.78 is 6.05. The fourth-order valence-electron chi connectivity index (χ4n) is 5.45. The fraction of sp³-hybridized carbons (Fsp3) is 0.0588. The molecular weight excluding hydrogens is 455 g/mol. The lowest BCUT2D eigenvalue weighted by Gasteiger charge is -2.27. The van der Waals surface area contributed by atoms with Crippen molar-refractivity contribution >= 4 is 44.7 Å². The van der Waals surface area contributed by atoms with Crippen molar-refractivity contribution in [2.45, 2.75) is 0 Å². The van der Waals surface area contributed by atoms with Gasteiger partial charge in [0, 0.05) is 11.1 Å². The Morgan fingerprint density at radius 1 is 0.472 bits per heavy atom. The first-order valence-electron chi connectivity index (χ1n) is 12.3. The summed E-state index contributed by atoms with van der Waals surface area (Å²) in [7, 11) is -0.219. The van der Waals surface area contributed by atoms with E-state index in [2.05, 4.69) is 140 Å². The molecule has 0 aliphatic carbocycles. The van der Waals surface area contributed by atoms with Crippen LogP contribution in [0.4, 0.5) is 0 Å². The predicted octanol–water partition coefficient (Wildman–Crippen LogP) is 7.59. The molecule has 0 aliphatic heterocycles. The molecule has 1 nitrogen and oxygen atoms in total. The molecule has 0 unspecified atom stereocenters. The number of benzene rings is 6. The molecule has 0 spiro atoms. The zero-order valence-electron chi connectivity index (χ0n) is 20.6. The zero-order valence-corrected chi connectivity index (χ0v) is 21.5. The van der Waals surface area contributed by atoms with Gasteiger partial charge in [0.2, 0.25) is 0 Å². The summed E-state index contributed by atoms with van der Waals surface area (Å²) in [6.45, 7) is 2.46. The van der Waals surface area contributed by atoms with Crippen LogP contribution in [0.15, 0.2) is 133 Å². The summed E-state index contributed by atoms with van der Waals surface area (Å²) in [6, 6.07) is 48.3. The van der Waals surface area contributed by atoms with Crippen LogP contribution in [0.1, 0.15) is 0 Å².